The number of amides is 1. The number of rotatable bonds is 4. The van der Waals surface area contributed by atoms with Crippen LogP contribution in [0.25, 0.3) is 0 Å². The predicted octanol–water partition coefficient (Wildman–Crippen LogP) is 1.87. The molecule has 0 aromatic carbocycles. The largest absolute Gasteiger partial charge is 0.335 e. The highest BCUT2D eigenvalue weighted by Crippen LogP contribution is 2.37. The van der Waals surface area contributed by atoms with E-state index in [0.717, 1.165) is 12.8 Å². The third kappa shape index (κ3) is 2.76. The van der Waals surface area contributed by atoms with Crippen molar-refractivity contribution in [3.63, 3.8) is 0 Å². The van der Waals surface area contributed by atoms with Gasteiger partial charge in [0.1, 0.15) is 5.69 Å². The Labute approximate surface area is 110 Å². The lowest BCUT2D eigenvalue weighted by Gasteiger charge is -2.19. The van der Waals surface area contributed by atoms with Crippen molar-refractivity contribution in [2.75, 3.05) is 0 Å². The molecule has 0 spiro atoms. The van der Waals surface area contributed by atoms with Crippen LogP contribution in [-0.4, -0.2) is 20.9 Å². The van der Waals surface area contributed by atoms with Crippen molar-refractivity contribution in [2.24, 2.45) is 0 Å². The Kier molecular flexibility index (Phi) is 3.06. The van der Waals surface area contributed by atoms with Crippen LogP contribution >= 0.6 is 0 Å². The molecule has 6 nitrogen and oxygen atoms in total. The lowest BCUT2D eigenvalue weighted by atomic mass is 10.1. The number of nitrogens with one attached hydrogen (secondary N) is 1. The second-order valence-corrected chi connectivity index (χ2v) is 5.20. The molecule has 2 rings (SSSR count). The quantitative estimate of drug-likeness (QED) is 0.510. The van der Waals surface area contributed by atoms with Gasteiger partial charge in [0.25, 0.3) is 11.6 Å². The van der Waals surface area contributed by atoms with Crippen LogP contribution < -0.4 is 5.32 Å². The third-order valence-corrected chi connectivity index (χ3v) is 3.00. The Bertz CT molecular complexity index is 576. The molecule has 6 heteroatoms. The SMILES string of the molecule is C#CC(C)(C)NC(=O)c1cc([N+](=O)[O-])cn1C1CC1. The van der Waals surface area contributed by atoms with Gasteiger partial charge in [0, 0.05) is 12.1 Å². The van der Waals surface area contributed by atoms with E-state index in [-0.39, 0.29) is 23.3 Å². The number of terminal acetylenes is 1. The summed E-state index contributed by atoms with van der Waals surface area (Å²) in [4.78, 5) is 22.5. The number of hydrogen-bond donors (Lipinski definition) is 1. The van der Waals surface area contributed by atoms with Crippen LogP contribution in [0.4, 0.5) is 5.69 Å². The van der Waals surface area contributed by atoms with Gasteiger partial charge in [-0.3, -0.25) is 14.9 Å². The fraction of sp³-hybridized carbons (Fsp3) is 0.462. The minimum Gasteiger partial charge on any atom is -0.335 e. The first kappa shape index (κ1) is 13.1. The van der Waals surface area contributed by atoms with Gasteiger partial charge in [0.2, 0.25) is 0 Å². The summed E-state index contributed by atoms with van der Waals surface area (Å²) in [7, 11) is 0. The Balaban J connectivity index is 2.30. The number of carbonyl (C=O) groups is 1. The van der Waals surface area contributed by atoms with E-state index in [4.69, 9.17) is 6.42 Å². The van der Waals surface area contributed by atoms with E-state index >= 15 is 0 Å². The van der Waals surface area contributed by atoms with Crippen molar-refractivity contribution in [1.82, 2.24) is 9.88 Å². The summed E-state index contributed by atoms with van der Waals surface area (Å²) in [6.45, 7) is 3.40. The zero-order chi connectivity index (χ0) is 14.2. The Morgan fingerprint density at radius 3 is 2.74 bits per heavy atom. The molecule has 1 saturated carbocycles. The average Bonchev–Trinajstić information content (AvgIpc) is 3.07. The number of nitrogens with zero attached hydrogens (tertiary/aromatic N) is 2. The van der Waals surface area contributed by atoms with Crippen LogP contribution in [0, 0.1) is 22.5 Å². The van der Waals surface area contributed by atoms with Gasteiger partial charge in [-0.15, -0.1) is 6.42 Å². The first-order valence-corrected chi connectivity index (χ1v) is 6.00. The highest BCUT2D eigenvalue weighted by Gasteiger charge is 2.31. The van der Waals surface area contributed by atoms with Crippen LogP contribution in [0.1, 0.15) is 43.2 Å². The molecule has 0 unspecified atom stereocenters. The Morgan fingerprint density at radius 1 is 1.63 bits per heavy atom. The normalized spacial score (nSPS) is 14.8. The standard InChI is InChI=1S/C13H15N3O3/c1-4-13(2,3)14-12(17)11-7-10(16(18)19)8-15(11)9-5-6-9/h1,7-9H,5-6H2,2-3H3,(H,14,17). The molecular weight excluding hydrogens is 246 g/mol. The van der Waals surface area contributed by atoms with E-state index < -0.39 is 10.5 Å². The first-order valence-electron chi connectivity index (χ1n) is 6.00. The molecule has 0 aliphatic heterocycles. The molecule has 0 atom stereocenters. The van der Waals surface area contributed by atoms with Crippen LogP contribution in [0.5, 0.6) is 0 Å². The Morgan fingerprint density at radius 2 is 2.26 bits per heavy atom. The summed E-state index contributed by atoms with van der Waals surface area (Å²) in [6.07, 6.45) is 8.60. The van der Waals surface area contributed by atoms with E-state index in [1.165, 1.54) is 12.3 Å². The zero-order valence-corrected chi connectivity index (χ0v) is 10.8. The van der Waals surface area contributed by atoms with Gasteiger partial charge in [-0.25, -0.2) is 0 Å². The summed E-state index contributed by atoms with van der Waals surface area (Å²) in [6, 6.07) is 1.48. The van der Waals surface area contributed by atoms with Gasteiger partial charge in [-0.2, -0.15) is 0 Å². The van der Waals surface area contributed by atoms with Crippen LogP contribution in [0.2, 0.25) is 0 Å². The lowest BCUT2D eigenvalue weighted by molar-refractivity contribution is -0.384. The minimum atomic E-state index is -0.787. The Hall–Kier alpha value is -2.29. The van der Waals surface area contributed by atoms with Crippen molar-refractivity contribution in [3.8, 4) is 12.3 Å². The van der Waals surface area contributed by atoms with Crippen LogP contribution in [-0.2, 0) is 0 Å². The average molecular weight is 261 g/mol. The molecule has 100 valence electrons. The molecule has 1 N–H and O–H groups in total. The fourth-order valence-corrected chi connectivity index (χ4v) is 1.79. The molecule has 1 aromatic rings. The molecule has 1 aromatic heterocycles. The van der Waals surface area contributed by atoms with Gasteiger partial charge < -0.3 is 9.88 Å². The first-order chi connectivity index (χ1) is 8.84. The van der Waals surface area contributed by atoms with Crippen LogP contribution in [0.3, 0.4) is 0 Å². The number of carbonyl (C=O) groups excluding carboxylic acids is 1. The van der Waals surface area contributed by atoms with Gasteiger partial charge in [-0.05, 0) is 26.7 Å². The van der Waals surface area contributed by atoms with Crippen molar-refractivity contribution in [3.05, 3.63) is 28.1 Å². The molecule has 0 bridgehead atoms. The number of hydrogen-bond acceptors (Lipinski definition) is 3. The summed E-state index contributed by atoms with van der Waals surface area (Å²) in [5, 5.41) is 13.5. The van der Waals surface area contributed by atoms with Crippen molar-refractivity contribution < 1.29 is 9.72 Å². The highest BCUT2D eigenvalue weighted by atomic mass is 16.6. The molecule has 0 saturated heterocycles. The van der Waals surface area contributed by atoms with E-state index in [0.29, 0.717) is 0 Å². The van der Waals surface area contributed by atoms with E-state index in [1.807, 2.05) is 0 Å². The van der Waals surface area contributed by atoms with Crippen LogP contribution in [0.15, 0.2) is 12.3 Å². The zero-order valence-electron chi connectivity index (χ0n) is 10.8. The predicted molar refractivity (Wildman–Crippen MR) is 69.7 cm³/mol. The maximum absolute atomic E-state index is 12.2. The summed E-state index contributed by atoms with van der Waals surface area (Å²) in [5.74, 6) is 2.07. The summed E-state index contributed by atoms with van der Waals surface area (Å²) in [5.41, 5.74) is -0.571. The van der Waals surface area contributed by atoms with Crippen molar-refractivity contribution >= 4 is 11.6 Å². The lowest BCUT2D eigenvalue weighted by Crippen LogP contribution is -2.42. The van der Waals surface area contributed by atoms with Crippen molar-refractivity contribution in [2.45, 2.75) is 38.3 Å². The number of aromatic nitrogens is 1. The topological polar surface area (TPSA) is 77.2 Å². The molecule has 1 heterocycles. The second kappa shape index (κ2) is 4.43. The van der Waals surface area contributed by atoms with Gasteiger partial charge >= 0.3 is 0 Å². The van der Waals surface area contributed by atoms with Gasteiger partial charge in [0.05, 0.1) is 16.7 Å². The van der Waals surface area contributed by atoms with Crippen molar-refractivity contribution in [1.29, 1.82) is 0 Å². The maximum Gasteiger partial charge on any atom is 0.287 e. The van der Waals surface area contributed by atoms with Gasteiger partial charge in [0.15, 0.2) is 0 Å². The van der Waals surface area contributed by atoms with Gasteiger partial charge in [-0.1, -0.05) is 5.92 Å². The summed E-state index contributed by atoms with van der Waals surface area (Å²) < 4.78 is 1.67. The molecule has 1 fully saturated rings. The molecule has 1 aliphatic carbocycles. The highest BCUT2D eigenvalue weighted by molar-refractivity contribution is 5.94. The molecule has 1 aliphatic rings. The summed E-state index contributed by atoms with van der Waals surface area (Å²) >= 11 is 0. The monoisotopic (exact) mass is 261 g/mol. The van der Waals surface area contributed by atoms with E-state index in [9.17, 15) is 14.9 Å². The fourth-order valence-electron chi connectivity index (χ4n) is 1.79. The molecule has 19 heavy (non-hydrogen) atoms. The van der Waals surface area contributed by atoms with E-state index in [1.54, 1.807) is 18.4 Å². The van der Waals surface area contributed by atoms with E-state index in [2.05, 4.69) is 11.2 Å². The molecular formula is C13H15N3O3. The number of nitro groups is 1. The third-order valence-electron chi connectivity index (χ3n) is 3.00. The minimum absolute atomic E-state index is 0.0736. The maximum atomic E-state index is 12.2. The molecule has 0 radical (unpaired) electrons. The smallest absolute Gasteiger partial charge is 0.287 e. The molecule has 1 amide bonds. The second-order valence-electron chi connectivity index (χ2n) is 5.20.